The normalized spacial score (nSPS) is 14.5. The molecule has 0 saturated carbocycles. The Bertz CT molecular complexity index is 340. The van der Waals surface area contributed by atoms with Crippen LogP contribution < -0.4 is 0 Å². The highest BCUT2D eigenvalue weighted by Crippen LogP contribution is 2.23. The van der Waals surface area contributed by atoms with Crippen LogP contribution in [0.3, 0.4) is 0 Å². The molecule has 0 aliphatic heterocycles. The maximum absolute atomic E-state index is 9.99. The maximum atomic E-state index is 9.99. The third kappa shape index (κ3) is 2.57. The molecule has 1 aromatic rings. The van der Waals surface area contributed by atoms with E-state index in [-0.39, 0.29) is 5.92 Å². The molecule has 0 aliphatic carbocycles. The largest absolute Gasteiger partial charge is 0.385 e. The van der Waals surface area contributed by atoms with Gasteiger partial charge in [0, 0.05) is 6.54 Å². The van der Waals surface area contributed by atoms with Crippen molar-refractivity contribution in [1.29, 1.82) is 5.26 Å². The van der Waals surface area contributed by atoms with Gasteiger partial charge in [-0.2, -0.15) is 5.26 Å². The summed E-state index contributed by atoms with van der Waals surface area (Å²) in [4.78, 5) is 4.01. The van der Waals surface area contributed by atoms with Gasteiger partial charge in [0.1, 0.15) is 6.10 Å². The van der Waals surface area contributed by atoms with Crippen molar-refractivity contribution in [2.24, 2.45) is 5.92 Å². The van der Waals surface area contributed by atoms with Crippen molar-refractivity contribution < 1.29 is 5.11 Å². The van der Waals surface area contributed by atoms with Crippen LogP contribution in [0.25, 0.3) is 0 Å². The lowest BCUT2D eigenvalue weighted by Crippen LogP contribution is -2.14. The van der Waals surface area contributed by atoms with E-state index < -0.39 is 6.10 Å². The maximum Gasteiger partial charge on any atom is 0.111 e. The number of rotatable bonds is 5. The summed E-state index contributed by atoms with van der Waals surface area (Å²) < 4.78 is 1.91. The Morgan fingerprint density at radius 2 is 2.33 bits per heavy atom. The monoisotopic (exact) mass is 207 g/mol. The molecule has 0 amide bonds. The van der Waals surface area contributed by atoms with Crippen molar-refractivity contribution in [3.05, 3.63) is 18.2 Å². The summed E-state index contributed by atoms with van der Waals surface area (Å²) in [6.45, 7) is 4.80. The van der Waals surface area contributed by atoms with E-state index in [9.17, 15) is 5.11 Å². The number of aliphatic hydroxyl groups is 1. The average molecular weight is 207 g/mol. The summed E-state index contributed by atoms with van der Waals surface area (Å²) >= 11 is 0. The molecule has 0 aromatic carbocycles. The highest BCUT2D eigenvalue weighted by atomic mass is 16.3. The Kier molecular flexibility index (Phi) is 4.32. The lowest BCUT2D eigenvalue weighted by molar-refractivity contribution is 0.124. The molecule has 4 heteroatoms. The van der Waals surface area contributed by atoms with Gasteiger partial charge in [-0.15, -0.1) is 0 Å². The standard InChI is InChI=1S/C11H17N3O/c1-3-5-14-8-13-7-10(14)11(15)9(4-2)6-12/h7-9,11,15H,3-5H2,1-2H3. The topological polar surface area (TPSA) is 61.8 Å². The number of hydrogen-bond acceptors (Lipinski definition) is 3. The number of imidazole rings is 1. The molecular weight excluding hydrogens is 190 g/mol. The first kappa shape index (κ1) is 11.7. The number of hydrogen-bond donors (Lipinski definition) is 1. The van der Waals surface area contributed by atoms with Gasteiger partial charge in [-0.1, -0.05) is 13.8 Å². The van der Waals surface area contributed by atoms with Crippen LogP contribution in [0.2, 0.25) is 0 Å². The first-order chi connectivity index (χ1) is 7.24. The molecule has 0 spiro atoms. The smallest absolute Gasteiger partial charge is 0.111 e. The van der Waals surface area contributed by atoms with E-state index in [1.165, 1.54) is 0 Å². The van der Waals surface area contributed by atoms with Crippen molar-refractivity contribution in [3.63, 3.8) is 0 Å². The zero-order chi connectivity index (χ0) is 11.3. The van der Waals surface area contributed by atoms with E-state index >= 15 is 0 Å². The lowest BCUT2D eigenvalue weighted by Gasteiger charge is -2.16. The first-order valence-corrected chi connectivity index (χ1v) is 5.32. The molecule has 1 N–H and O–H groups in total. The minimum atomic E-state index is -0.728. The summed E-state index contributed by atoms with van der Waals surface area (Å²) in [6, 6.07) is 2.12. The summed E-state index contributed by atoms with van der Waals surface area (Å²) in [5.41, 5.74) is 0.741. The molecule has 0 aliphatic rings. The fourth-order valence-electron chi connectivity index (χ4n) is 1.60. The van der Waals surface area contributed by atoms with Crippen LogP contribution in [-0.4, -0.2) is 14.7 Å². The highest BCUT2D eigenvalue weighted by molar-refractivity contribution is 5.07. The van der Waals surface area contributed by atoms with Gasteiger partial charge in [-0.3, -0.25) is 0 Å². The van der Waals surface area contributed by atoms with Gasteiger partial charge in [-0.05, 0) is 12.8 Å². The van der Waals surface area contributed by atoms with Crippen LogP contribution in [0.4, 0.5) is 0 Å². The van der Waals surface area contributed by atoms with Crippen LogP contribution in [-0.2, 0) is 6.54 Å². The second-order valence-corrected chi connectivity index (χ2v) is 3.60. The van der Waals surface area contributed by atoms with Crippen LogP contribution in [0, 0.1) is 17.2 Å². The van der Waals surface area contributed by atoms with Crippen LogP contribution in [0.15, 0.2) is 12.5 Å². The molecule has 0 saturated heterocycles. The van der Waals surface area contributed by atoms with Gasteiger partial charge in [0.2, 0.25) is 0 Å². The van der Waals surface area contributed by atoms with E-state index in [1.807, 2.05) is 11.5 Å². The molecule has 1 aromatic heterocycles. The van der Waals surface area contributed by atoms with Crippen molar-refractivity contribution in [2.75, 3.05) is 0 Å². The molecule has 4 nitrogen and oxygen atoms in total. The molecule has 1 rings (SSSR count). The second-order valence-electron chi connectivity index (χ2n) is 3.60. The van der Waals surface area contributed by atoms with Crippen molar-refractivity contribution in [2.45, 2.75) is 39.3 Å². The number of aryl methyl sites for hydroxylation is 1. The Balaban J connectivity index is 2.85. The highest BCUT2D eigenvalue weighted by Gasteiger charge is 2.21. The summed E-state index contributed by atoms with van der Waals surface area (Å²) in [7, 11) is 0. The van der Waals surface area contributed by atoms with Crippen molar-refractivity contribution in [1.82, 2.24) is 9.55 Å². The predicted octanol–water partition coefficient (Wildman–Crippen LogP) is 1.88. The quantitative estimate of drug-likeness (QED) is 0.801. The number of aromatic nitrogens is 2. The van der Waals surface area contributed by atoms with Crippen LogP contribution in [0.5, 0.6) is 0 Å². The van der Waals surface area contributed by atoms with Crippen molar-refractivity contribution in [3.8, 4) is 6.07 Å². The molecule has 15 heavy (non-hydrogen) atoms. The minimum absolute atomic E-state index is 0.350. The lowest BCUT2D eigenvalue weighted by atomic mass is 9.99. The van der Waals surface area contributed by atoms with Crippen LogP contribution in [0.1, 0.15) is 38.5 Å². The van der Waals surface area contributed by atoms with Gasteiger partial charge in [0.25, 0.3) is 0 Å². The molecule has 2 atom stereocenters. The summed E-state index contributed by atoms with van der Waals surface area (Å²) in [5, 5.41) is 18.9. The molecule has 1 heterocycles. The molecule has 82 valence electrons. The van der Waals surface area contributed by atoms with Gasteiger partial charge >= 0.3 is 0 Å². The van der Waals surface area contributed by atoms with Gasteiger partial charge in [0.15, 0.2) is 0 Å². The molecule has 0 bridgehead atoms. The zero-order valence-electron chi connectivity index (χ0n) is 9.22. The Labute approximate surface area is 90.2 Å². The SMILES string of the molecule is CCCn1cncc1C(O)C(C#N)CC. The second kappa shape index (κ2) is 5.52. The van der Waals surface area contributed by atoms with Gasteiger partial charge in [0.05, 0.1) is 30.2 Å². The van der Waals surface area contributed by atoms with Gasteiger partial charge in [-0.25, -0.2) is 4.98 Å². The summed E-state index contributed by atoms with van der Waals surface area (Å²) in [5.74, 6) is -0.350. The fraction of sp³-hybridized carbons (Fsp3) is 0.636. The molecule has 2 unspecified atom stereocenters. The van der Waals surface area contributed by atoms with Crippen LogP contribution >= 0.6 is 0 Å². The third-order valence-corrected chi connectivity index (χ3v) is 2.50. The minimum Gasteiger partial charge on any atom is -0.385 e. The van der Waals surface area contributed by atoms with E-state index in [2.05, 4.69) is 18.0 Å². The van der Waals surface area contributed by atoms with E-state index in [4.69, 9.17) is 5.26 Å². The predicted molar refractivity (Wildman–Crippen MR) is 56.9 cm³/mol. The van der Waals surface area contributed by atoms with Gasteiger partial charge < -0.3 is 9.67 Å². The average Bonchev–Trinajstić information content (AvgIpc) is 2.68. The Hall–Kier alpha value is -1.34. The Morgan fingerprint density at radius 1 is 1.60 bits per heavy atom. The molecule has 0 radical (unpaired) electrons. The van der Waals surface area contributed by atoms with E-state index in [0.29, 0.717) is 6.42 Å². The molecule has 0 fully saturated rings. The first-order valence-electron chi connectivity index (χ1n) is 5.32. The Morgan fingerprint density at radius 3 is 2.87 bits per heavy atom. The number of aliphatic hydroxyl groups excluding tert-OH is 1. The van der Waals surface area contributed by atoms with E-state index in [1.54, 1.807) is 12.5 Å². The molecular formula is C11H17N3O. The van der Waals surface area contributed by atoms with Crippen molar-refractivity contribution >= 4 is 0 Å². The number of nitrogens with zero attached hydrogens (tertiary/aromatic N) is 3. The number of nitriles is 1. The fourth-order valence-corrected chi connectivity index (χ4v) is 1.60. The summed E-state index contributed by atoms with van der Waals surface area (Å²) in [6.07, 6.45) is 4.25. The zero-order valence-corrected chi connectivity index (χ0v) is 9.22. The van der Waals surface area contributed by atoms with E-state index in [0.717, 1.165) is 18.7 Å². The third-order valence-electron chi connectivity index (χ3n) is 2.50.